The first-order chi connectivity index (χ1) is 16.0. The third-order valence-electron chi connectivity index (χ3n) is 6.07. The van der Waals surface area contributed by atoms with E-state index in [-0.39, 0.29) is 18.5 Å². The van der Waals surface area contributed by atoms with Crippen molar-refractivity contribution in [2.45, 2.75) is 55.9 Å². The summed E-state index contributed by atoms with van der Waals surface area (Å²) in [6.07, 6.45) is 8.47. The second kappa shape index (κ2) is 10.8. The average molecular weight is 472 g/mol. The molecule has 10 heteroatoms. The Morgan fingerprint density at radius 3 is 2.64 bits per heavy atom. The van der Waals surface area contributed by atoms with Gasteiger partial charge in [-0.15, -0.1) is 4.72 Å². The van der Waals surface area contributed by atoms with E-state index in [1.54, 1.807) is 12.1 Å². The molecule has 1 aromatic rings. The van der Waals surface area contributed by atoms with Crippen molar-refractivity contribution in [3.8, 4) is 0 Å². The van der Waals surface area contributed by atoms with Crippen molar-refractivity contribution >= 4 is 35.0 Å². The SMILES string of the molecule is O=C(NC1CCCCC1)N[S+]([O-])c1ccc(CCNC(=O)N2CC3=NCCC=C3C2=O)cc1. The number of carbonyl (C=O) groups is 3. The number of amides is 5. The zero-order chi connectivity index (χ0) is 23.2. The molecule has 0 radical (unpaired) electrons. The summed E-state index contributed by atoms with van der Waals surface area (Å²) < 4.78 is 14.9. The maximum absolute atomic E-state index is 12.4. The fourth-order valence-corrected chi connectivity index (χ4v) is 5.01. The summed E-state index contributed by atoms with van der Waals surface area (Å²) in [7, 11) is 0. The van der Waals surface area contributed by atoms with Gasteiger partial charge in [-0.1, -0.05) is 37.5 Å². The number of carbonyl (C=O) groups excluding carboxylic acids is 3. The zero-order valence-corrected chi connectivity index (χ0v) is 19.3. The van der Waals surface area contributed by atoms with E-state index >= 15 is 0 Å². The predicted octanol–water partition coefficient (Wildman–Crippen LogP) is 2.21. The number of rotatable bonds is 6. The molecule has 2 heterocycles. The fourth-order valence-electron chi connectivity index (χ4n) is 4.28. The highest BCUT2D eigenvalue weighted by Gasteiger charge is 2.36. The molecule has 2 fully saturated rings. The minimum absolute atomic E-state index is 0.151. The van der Waals surface area contributed by atoms with E-state index in [0.29, 0.717) is 35.7 Å². The van der Waals surface area contributed by atoms with E-state index in [4.69, 9.17) is 0 Å². The van der Waals surface area contributed by atoms with Crippen molar-refractivity contribution < 1.29 is 18.9 Å². The van der Waals surface area contributed by atoms with Crippen molar-refractivity contribution in [2.75, 3.05) is 19.6 Å². The van der Waals surface area contributed by atoms with E-state index in [0.717, 1.165) is 37.7 Å². The van der Waals surface area contributed by atoms with E-state index in [1.165, 1.54) is 11.3 Å². The number of dihydropyridines is 1. The minimum atomic E-state index is -1.64. The minimum Gasteiger partial charge on any atom is -0.588 e. The van der Waals surface area contributed by atoms with Crippen LogP contribution in [0.25, 0.3) is 0 Å². The second-order valence-corrected chi connectivity index (χ2v) is 9.64. The molecule has 1 unspecified atom stereocenters. The van der Waals surface area contributed by atoms with E-state index in [2.05, 4.69) is 20.3 Å². The molecule has 1 saturated heterocycles. The summed E-state index contributed by atoms with van der Waals surface area (Å²) in [4.78, 5) is 42.9. The van der Waals surface area contributed by atoms with E-state index in [1.807, 2.05) is 18.2 Å². The van der Waals surface area contributed by atoms with Crippen LogP contribution in [-0.2, 0) is 22.6 Å². The summed E-state index contributed by atoms with van der Waals surface area (Å²) in [6, 6.07) is 6.35. The van der Waals surface area contributed by atoms with Crippen molar-refractivity contribution in [1.29, 1.82) is 0 Å². The number of urea groups is 2. The lowest BCUT2D eigenvalue weighted by Crippen LogP contribution is -2.45. The van der Waals surface area contributed by atoms with Crippen molar-refractivity contribution in [2.24, 2.45) is 4.99 Å². The van der Waals surface area contributed by atoms with Crippen LogP contribution in [0.1, 0.15) is 44.1 Å². The summed E-state index contributed by atoms with van der Waals surface area (Å²) in [6.45, 7) is 1.24. The van der Waals surface area contributed by atoms with Crippen LogP contribution in [0.2, 0.25) is 0 Å². The molecule has 0 bridgehead atoms. The first kappa shape index (κ1) is 23.3. The highest BCUT2D eigenvalue weighted by molar-refractivity contribution is 7.90. The Kier molecular flexibility index (Phi) is 7.66. The lowest BCUT2D eigenvalue weighted by atomic mass is 9.96. The number of benzene rings is 1. The molecule has 5 amide bonds. The van der Waals surface area contributed by atoms with Gasteiger partial charge in [0.15, 0.2) is 4.90 Å². The fraction of sp³-hybridized carbons (Fsp3) is 0.478. The number of nitrogens with zero attached hydrogens (tertiary/aromatic N) is 2. The molecule has 2 aliphatic heterocycles. The van der Waals surface area contributed by atoms with Crippen LogP contribution in [0.5, 0.6) is 0 Å². The number of hydrogen-bond donors (Lipinski definition) is 3. The molecular formula is C23H29N5O4S. The molecule has 1 atom stereocenters. The van der Waals surface area contributed by atoms with Gasteiger partial charge in [0.05, 0.1) is 17.8 Å². The Hall–Kier alpha value is -2.85. The average Bonchev–Trinajstić information content (AvgIpc) is 3.17. The van der Waals surface area contributed by atoms with Gasteiger partial charge < -0.3 is 15.2 Å². The van der Waals surface area contributed by atoms with Crippen LogP contribution in [0.15, 0.2) is 45.8 Å². The lowest BCUT2D eigenvalue weighted by Gasteiger charge is -2.22. The van der Waals surface area contributed by atoms with Gasteiger partial charge in [-0.2, -0.15) is 0 Å². The Morgan fingerprint density at radius 2 is 1.91 bits per heavy atom. The molecule has 1 aliphatic carbocycles. The van der Waals surface area contributed by atoms with Gasteiger partial charge in [0.25, 0.3) is 5.91 Å². The summed E-state index contributed by atoms with van der Waals surface area (Å²) in [5.74, 6) is -0.294. The smallest absolute Gasteiger partial charge is 0.356 e. The van der Waals surface area contributed by atoms with Crippen LogP contribution in [0.3, 0.4) is 0 Å². The molecule has 9 nitrogen and oxygen atoms in total. The maximum atomic E-state index is 12.4. The predicted molar refractivity (Wildman–Crippen MR) is 125 cm³/mol. The Bertz CT molecular complexity index is 956. The summed E-state index contributed by atoms with van der Waals surface area (Å²) in [5.41, 5.74) is 2.17. The van der Waals surface area contributed by atoms with Gasteiger partial charge in [0.1, 0.15) is 11.4 Å². The molecule has 1 saturated carbocycles. The number of nitrogens with one attached hydrogen (secondary N) is 3. The topological polar surface area (TPSA) is 126 Å². The normalized spacial score (nSPS) is 19.3. The lowest BCUT2D eigenvalue weighted by molar-refractivity contribution is -0.122. The number of aliphatic imine (C=N–C) groups is 1. The van der Waals surface area contributed by atoms with Crippen LogP contribution < -0.4 is 15.4 Å². The molecule has 176 valence electrons. The standard InChI is InChI=1S/C23H29N5O4S/c29-21-19-7-4-13-24-20(19)15-28(21)23(31)25-14-12-16-8-10-18(11-9-16)33(32)27-22(30)26-17-5-2-1-3-6-17/h7-11,17H,1-6,12-15H2,(H,25,31)(H2,26,27,30). The second-order valence-electron chi connectivity index (χ2n) is 8.43. The van der Waals surface area contributed by atoms with Crippen LogP contribution in [-0.4, -0.2) is 58.8 Å². The first-order valence-electron chi connectivity index (χ1n) is 11.4. The number of hydrogen-bond acceptors (Lipinski definition) is 5. The molecule has 0 aromatic heterocycles. The van der Waals surface area contributed by atoms with Crippen LogP contribution in [0, 0.1) is 0 Å². The van der Waals surface area contributed by atoms with Crippen LogP contribution >= 0.6 is 0 Å². The van der Waals surface area contributed by atoms with Gasteiger partial charge in [0, 0.05) is 19.1 Å². The number of imide groups is 1. The third kappa shape index (κ3) is 5.94. The number of fused-ring (bicyclic) bond motifs is 1. The van der Waals surface area contributed by atoms with E-state index < -0.39 is 23.4 Å². The molecule has 0 spiro atoms. The monoisotopic (exact) mass is 471 g/mol. The summed E-state index contributed by atoms with van der Waals surface area (Å²) in [5, 5.41) is 5.66. The first-order valence-corrected chi connectivity index (χ1v) is 12.6. The highest BCUT2D eigenvalue weighted by Crippen LogP contribution is 2.20. The van der Waals surface area contributed by atoms with Crippen molar-refractivity contribution in [3.05, 3.63) is 41.5 Å². The quantitative estimate of drug-likeness (QED) is 0.550. The third-order valence-corrected chi connectivity index (χ3v) is 7.14. The van der Waals surface area contributed by atoms with Crippen LogP contribution in [0.4, 0.5) is 9.59 Å². The van der Waals surface area contributed by atoms with Gasteiger partial charge >= 0.3 is 12.1 Å². The highest BCUT2D eigenvalue weighted by atomic mass is 32.2. The Labute approximate surface area is 196 Å². The van der Waals surface area contributed by atoms with Crippen molar-refractivity contribution in [1.82, 2.24) is 20.3 Å². The Morgan fingerprint density at radius 1 is 1.15 bits per heavy atom. The molecular weight excluding hydrogens is 442 g/mol. The molecule has 4 rings (SSSR count). The molecule has 3 aliphatic rings. The Balaban J connectivity index is 1.20. The van der Waals surface area contributed by atoms with Gasteiger partial charge in [-0.3, -0.25) is 14.7 Å². The van der Waals surface area contributed by atoms with Gasteiger partial charge in [0.2, 0.25) is 0 Å². The van der Waals surface area contributed by atoms with Gasteiger partial charge in [-0.25, -0.2) is 9.59 Å². The zero-order valence-electron chi connectivity index (χ0n) is 18.5. The maximum Gasteiger partial charge on any atom is 0.356 e. The number of likely N-dealkylation sites (tertiary alicyclic amines) is 1. The van der Waals surface area contributed by atoms with E-state index in [9.17, 15) is 18.9 Å². The largest absolute Gasteiger partial charge is 0.588 e. The van der Waals surface area contributed by atoms with Crippen molar-refractivity contribution in [3.63, 3.8) is 0 Å². The summed E-state index contributed by atoms with van der Waals surface area (Å²) >= 11 is -1.64. The molecule has 3 N–H and O–H groups in total. The molecule has 33 heavy (non-hydrogen) atoms. The molecule has 1 aromatic carbocycles. The van der Waals surface area contributed by atoms with Gasteiger partial charge in [-0.05, 0) is 43.4 Å².